The van der Waals surface area contributed by atoms with Gasteiger partial charge in [0.05, 0.1) is 18.8 Å². The molecule has 0 aromatic carbocycles. The highest BCUT2D eigenvalue weighted by Gasteiger charge is 2.22. The van der Waals surface area contributed by atoms with E-state index in [2.05, 4.69) is 4.90 Å². The van der Waals surface area contributed by atoms with Crippen LogP contribution in [0.2, 0.25) is 0 Å². The normalized spacial score (nSPS) is 22.6. The van der Waals surface area contributed by atoms with Crippen molar-refractivity contribution in [1.29, 1.82) is 0 Å². The van der Waals surface area contributed by atoms with Gasteiger partial charge in [0.2, 0.25) is 0 Å². The fourth-order valence-electron chi connectivity index (χ4n) is 2.53. The van der Waals surface area contributed by atoms with Crippen molar-refractivity contribution in [3.63, 3.8) is 0 Å². The van der Waals surface area contributed by atoms with E-state index in [1.165, 1.54) is 0 Å². The van der Waals surface area contributed by atoms with Crippen LogP contribution in [0.3, 0.4) is 0 Å². The summed E-state index contributed by atoms with van der Waals surface area (Å²) in [6.07, 6.45) is 2.85. The Morgan fingerprint density at radius 3 is 2.84 bits per heavy atom. The van der Waals surface area contributed by atoms with Gasteiger partial charge in [0.15, 0.2) is 0 Å². The lowest BCUT2D eigenvalue weighted by Gasteiger charge is -2.33. The Morgan fingerprint density at radius 1 is 1.47 bits per heavy atom. The molecule has 2 N–H and O–H groups in total. The molecule has 0 amide bonds. The van der Waals surface area contributed by atoms with Crippen molar-refractivity contribution in [3.05, 3.63) is 0 Å². The lowest BCUT2D eigenvalue weighted by molar-refractivity contribution is -0.137. The number of carboxylic acid groups (broad SMARTS) is 1. The molecule has 2 atom stereocenters. The van der Waals surface area contributed by atoms with Gasteiger partial charge < -0.3 is 19.8 Å². The maximum atomic E-state index is 10.6. The minimum absolute atomic E-state index is 0.138. The number of aliphatic hydroxyl groups excluding tert-OH is 1. The molecule has 0 aliphatic carbocycles. The highest BCUT2D eigenvalue weighted by atomic mass is 16.5. The Labute approximate surface area is 115 Å². The molecule has 1 aliphatic rings. The van der Waals surface area contributed by atoms with Gasteiger partial charge in [0, 0.05) is 19.5 Å². The summed E-state index contributed by atoms with van der Waals surface area (Å²) in [7, 11) is 0. The predicted octanol–water partition coefficient (Wildman–Crippen LogP) is 1.35. The molecule has 0 spiro atoms. The number of carbonyl (C=O) groups is 1. The monoisotopic (exact) mass is 273 g/mol. The number of carboxylic acids is 1. The van der Waals surface area contributed by atoms with Crippen molar-refractivity contribution >= 4 is 5.97 Å². The molecule has 1 rings (SSSR count). The summed E-state index contributed by atoms with van der Waals surface area (Å²) >= 11 is 0. The molecule has 1 saturated heterocycles. The van der Waals surface area contributed by atoms with Gasteiger partial charge in [0.25, 0.3) is 0 Å². The summed E-state index contributed by atoms with van der Waals surface area (Å²) in [6, 6.07) is 0. The van der Waals surface area contributed by atoms with E-state index in [4.69, 9.17) is 9.84 Å². The lowest BCUT2D eigenvalue weighted by atomic mass is 9.93. The molecule has 0 aromatic heterocycles. The fourth-order valence-corrected chi connectivity index (χ4v) is 2.53. The molecular weight excluding hydrogens is 246 g/mol. The predicted molar refractivity (Wildman–Crippen MR) is 73.1 cm³/mol. The Kier molecular flexibility index (Phi) is 7.34. The fraction of sp³-hybridized carbons (Fsp3) is 0.929. The van der Waals surface area contributed by atoms with Crippen molar-refractivity contribution in [1.82, 2.24) is 4.90 Å². The van der Waals surface area contributed by atoms with Crippen LogP contribution in [-0.2, 0) is 9.53 Å². The summed E-state index contributed by atoms with van der Waals surface area (Å²) in [5.41, 5.74) is 0. The van der Waals surface area contributed by atoms with Gasteiger partial charge >= 0.3 is 5.97 Å². The first kappa shape index (κ1) is 16.4. The van der Waals surface area contributed by atoms with Gasteiger partial charge in [-0.3, -0.25) is 4.79 Å². The Balaban J connectivity index is 2.24. The standard InChI is InChI=1S/C14H27NO4/c1-11(2)19-10-13(16)9-15-7-3-4-12(8-15)5-6-14(17)18/h11-13,16H,3-10H2,1-2H3,(H,17,18). The molecule has 1 heterocycles. The van der Waals surface area contributed by atoms with Crippen LogP contribution in [0.4, 0.5) is 0 Å². The van der Waals surface area contributed by atoms with Crippen molar-refractivity contribution in [2.45, 2.75) is 51.7 Å². The summed E-state index contributed by atoms with van der Waals surface area (Å²) in [5, 5.41) is 18.6. The lowest BCUT2D eigenvalue weighted by Crippen LogP contribution is -2.41. The van der Waals surface area contributed by atoms with E-state index in [1.807, 2.05) is 13.8 Å². The Hall–Kier alpha value is -0.650. The first-order chi connectivity index (χ1) is 8.97. The van der Waals surface area contributed by atoms with Gasteiger partial charge in [-0.25, -0.2) is 0 Å². The first-order valence-corrected chi connectivity index (χ1v) is 7.21. The molecule has 2 unspecified atom stereocenters. The molecule has 112 valence electrons. The van der Waals surface area contributed by atoms with Crippen LogP contribution in [0, 0.1) is 5.92 Å². The van der Waals surface area contributed by atoms with Gasteiger partial charge in [0.1, 0.15) is 0 Å². The van der Waals surface area contributed by atoms with Crippen LogP contribution in [0.5, 0.6) is 0 Å². The van der Waals surface area contributed by atoms with Gasteiger partial charge in [-0.15, -0.1) is 0 Å². The first-order valence-electron chi connectivity index (χ1n) is 7.21. The number of hydrogen-bond acceptors (Lipinski definition) is 4. The summed E-state index contributed by atoms with van der Waals surface area (Å²) < 4.78 is 5.40. The van der Waals surface area contributed by atoms with Gasteiger partial charge in [-0.05, 0) is 45.6 Å². The second kappa shape index (κ2) is 8.51. The summed E-state index contributed by atoms with van der Waals surface area (Å²) in [4.78, 5) is 12.8. The van der Waals surface area contributed by atoms with Crippen molar-refractivity contribution in [2.75, 3.05) is 26.2 Å². The molecule has 0 saturated carbocycles. The molecular formula is C14H27NO4. The topological polar surface area (TPSA) is 70.0 Å². The quantitative estimate of drug-likeness (QED) is 0.698. The molecule has 5 nitrogen and oxygen atoms in total. The zero-order valence-electron chi connectivity index (χ0n) is 12.0. The zero-order chi connectivity index (χ0) is 14.3. The molecule has 1 fully saturated rings. The zero-order valence-corrected chi connectivity index (χ0v) is 12.0. The smallest absolute Gasteiger partial charge is 0.303 e. The number of β-amino-alcohol motifs (C(OH)–C–C–N with tert-alkyl or cyclic N) is 1. The molecule has 0 bridgehead atoms. The van der Waals surface area contributed by atoms with Crippen LogP contribution >= 0.6 is 0 Å². The number of rotatable bonds is 8. The SMILES string of the molecule is CC(C)OCC(O)CN1CCCC(CCC(=O)O)C1. The van der Waals surface area contributed by atoms with E-state index in [0.29, 0.717) is 19.1 Å². The van der Waals surface area contributed by atoms with Crippen LogP contribution < -0.4 is 0 Å². The summed E-state index contributed by atoms with van der Waals surface area (Å²) in [6.45, 7) is 6.78. The average molecular weight is 273 g/mol. The highest BCUT2D eigenvalue weighted by Crippen LogP contribution is 2.21. The Bertz CT molecular complexity index is 270. The largest absolute Gasteiger partial charge is 0.481 e. The number of aliphatic hydroxyl groups is 1. The van der Waals surface area contributed by atoms with Crippen LogP contribution in [0.25, 0.3) is 0 Å². The molecule has 1 aliphatic heterocycles. The number of nitrogens with zero attached hydrogens (tertiary/aromatic N) is 1. The second-order valence-corrected chi connectivity index (χ2v) is 5.74. The number of aliphatic carboxylic acids is 1. The summed E-state index contributed by atoms with van der Waals surface area (Å²) in [5.74, 6) is -0.273. The van der Waals surface area contributed by atoms with Gasteiger partial charge in [-0.1, -0.05) is 0 Å². The van der Waals surface area contributed by atoms with E-state index >= 15 is 0 Å². The molecule has 0 radical (unpaired) electrons. The highest BCUT2D eigenvalue weighted by molar-refractivity contribution is 5.66. The third kappa shape index (κ3) is 7.50. The third-order valence-corrected chi connectivity index (χ3v) is 3.46. The van der Waals surface area contributed by atoms with Gasteiger partial charge in [-0.2, -0.15) is 0 Å². The minimum atomic E-state index is -0.720. The van der Waals surface area contributed by atoms with Crippen LogP contribution in [0.1, 0.15) is 39.5 Å². The molecule has 0 aromatic rings. The number of hydrogen-bond donors (Lipinski definition) is 2. The second-order valence-electron chi connectivity index (χ2n) is 5.74. The van der Waals surface area contributed by atoms with E-state index in [1.54, 1.807) is 0 Å². The minimum Gasteiger partial charge on any atom is -0.481 e. The van der Waals surface area contributed by atoms with Crippen molar-refractivity contribution in [2.24, 2.45) is 5.92 Å². The van der Waals surface area contributed by atoms with Crippen molar-refractivity contribution < 1.29 is 19.7 Å². The number of piperidine rings is 1. The van der Waals surface area contributed by atoms with Crippen molar-refractivity contribution in [3.8, 4) is 0 Å². The maximum Gasteiger partial charge on any atom is 0.303 e. The maximum absolute atomic E-state index is 10.6. The number of ether oxygens (including phenoxy) is 1. The number of likely N-dealkylation sites (tertiary alicyclic amines) is 1. The van der Waals surface area contributed by atoms with E-state index < -0.39 is 12.1 Å². The third-order valence-electron chi connectivity index (χ3n) is 3.46. The van der Waals surface area contributed by atoms with Crippen LogP contribution in [-0.4, -0.2) is 59.5 Å². The average Bonchev–Trinajstić information content (AvgIpc) is 2.34. The Morgan fingerprint density at radius 2 is 2.21 bits per heavy atom. The van der Waals surface area contributed by atoms with E-state index in [0.717, 1.165) is 32.4 Å². The van der Waals surface area contributed by atoms with E-state index in [-0.39, 0.29) is 12.5 Å². The molecule has 19 heavy (non-hydrogen) atoms. The van der Waals surface area contributed by atoms with E-state index in [9.17, 15) is 9.90 Å². The molecule has 5 heteroatoms. The van der Waals surface area contributed by atoms with Crippen LogP contribution in [0.15, 0.2) is 0 Å².